The number of hydrogen-bond acceptors (Lipinski definition) is 4. The normalized spacial score (nSPS) is 10.7. The van der Waals surface area contributed by atoms with E-state index < -0.39 is 0 Å². The van der Waals surface area contributed by atoms with Gasteiger partial charge in [0.05, 0.1) is 6.61 Å². The Labute approximate surface area is 142 Å². The Kier molecular flexibility index (Phi) is 4.62. The van der Waals surface area contributed by atoms with E-state index in [-0.39, 0.29) is 12.5 Å². The van der Waals surface area contributed by atoms with Crippen LogP contribution in [0.4, 0.5) is 0 Å². The first-order valence-electron chi connectivity index (χ1n) is 7.19. The van der Waals surface area contributed by atoms with Gasteiger partial charge in [-0.25, -0.2) is 4.98 Å². The van der Waals surface area contributed by atoms with E-state index in [0.29, 0.717) is 18.2 Å². The number of rotatable bonds is 5. The van der Waals surface area contributed by atoms with Crippen LogP contribution in [0.25, 0.3) is 10.9 Å². The number of halogens is 1. The highest BCUT2D eigenvalue weighted by Crippen LogP contribution is 2.26. The van der Waals surface area contributed by atoms with Gasteiger partial charge in [-0.1, -0.05) is 0 Å². The summed E-state index contributed by atoms with van der Waals surface area (Å²) in [5.74, 6) is 0.976. The van der Waals surface area contributed by atoms with Gasteiger partial charge in [-0.2, -0.15) is 0 Å². The van der Waals surface area contributed by atoms with Crippen molar-refractivity contribution in [2.75, 3.05) is 6.61 Å². The number of fused-ring (bicyclic) bond motifs is 1. The second kappa shape index (κ2) is 6.83. The molecule has 6 heteroatoms. The predicted octanol–water partition coefficient (Wildman–Crippen LogP) is 4.15. The smallest absolute Gasteiger partial charge is 0.325 e. The lowest BCUT2D eigenvalue weighted by atomic mass is 10.2. The fourth-order valence-corrected chi connectivity index (χ4v) is 2.50. The zero-order valence-corrected chi connectivity index (χ0v) is 14.1. The number of pyridine rings is 1. The minimum absolute atomic E-state index is 0.200. The van der Waals surface area contributed by atoms with Crippen molar-refractivity contribution in [1.29, 1.82) is 0 Å². The van der Waals surface area contributed by atoms with E-state index in [1.807, 2.05) is 41.1 Å². The Hall–Kier alpha value is -2.34. The average Bonchev–Trinajstić information content (AvgIpc) is 2.92. The minimum Gasteiger partial charge on any atom is -0.465 e. The molecule has 118 valence electrons. The lowest BCUT2D eigenvalue weighted by molar-refractivity contribution is -0.143. The van der Waals surface area contributed by atoms with Gasteiger partial charge in [0.2, 0.25) is 5.88 Å². The summed E-state index contributed by atoms with van der Waals surface area (Å²) in [5, 5.41) is 0.990. The zero-order chi connectivity index (χ0) is 16.2. The molecule has 3 rings (SSSR count). The zero-order valence-electron chi connectivity index (χ0n) is 12.5. The number of hydrogen-bond donors (Lipinski definition) is 0. The van der Waals surface area contributed by atoms with E-state index in [0.717, 1.165) is 15.4 Å². The van der Waals surface area contributed by atoms with Crippen LogP contribution in [-0.4, -0.2) is 22.1 Å². The second-order valence-corrected chi connectivity index (χ2v) is 5.80. The largest absolute Gasteiger partial charge is 0.465 e. The van der Waals surface area contributed by atoms with Crippen LogP contribution in [0.2, 0.25) is 0 Å². The van der Waals surface area contributed by atoms with Crippen LogP contribution in [0, 0.1) is 0 Å². The van der Waals surface area contributed by atoms with Crippen molar-refractivity contribution >= 4 is 32.8 Å². The Morgan fingerprint density at radius 2 is 2.13 bits per heavy atom. The Balaban J connectivity index is 1.80. The van der Waals surface area contributed by atoms with Gasteiger partial charge in [0.25, 0.3) is 0 Å². The molecule has 0 saturated carbocycles. The third kappa shape index (κ3) is 3.71. The first kappa shape index (κ1) is 15.6. The van der Waals surface area contributed by atoms with Gasteiger partial charge < -0.3 is 14.0 Å². The molecule has 0 saturated heterocycles. The molecule has 0 aliphatic rings. The minimum atomic E-state index is -0.246. The molecule has 2 heterocycles. The van der Waals surface area contributed by atoms with Crippen LogP contribution in [0.15, 0.2) is 53.3 Å². The van der Waals surface area contributed by atoms with Crippen molar-refractivity contribution in [2.24, 2.45) is 0 Å². The van der Waals surface area contributed by atoms with Crippen molar-refractivity contribution in [3.05, 3.63) is 53.3 Å². The number of nitrogens with zero attached hydrogens (tertiary/aromatic N) is 2. The fraction of sp³-hybridized carbons (Fsp3) is 0.176. The van der Waals surface area contributed by atoms with Crippen LogP contribution >= 0.6 is 15.9 Å². The van der Waals surface area contributed by atoms with E-state index in [2.05, 4.69) is 20.9 Å². The molecule has 0 N–H and O–H groups in total. The summed E-state index contributed by atoms with van der Waals surface area (Å²) in [6.45, 7) is 2.38. The highest BCUT2D eigenvalue weighted by atomic mass is 79.9. The SMILES string of the molecule is CCOC(=O)Cn1ccc2cc(Oc3ccc(Br)cn3)ccc21. The summed E-state index contributed by atoms with van der Waals surface area (Å²) in [4.78, 5) is 15.8. The predicted molar refractivity (Wildman–Crippen MR) is 90.6 cm³/mol. The number of aromatic nitrogens is 2. The number of benzene rings is 1. The third-order valence-corrected chi connectivity index (χ3v) is 3.74. The molecule has 0 bridgehead atoms. The number of carbonyl (C=O) groups is 1. The molecule has 0 amide bonds. The average molecular weight is 375 g/mol. The summed E-state index contributed by atoms with van der Waals surface area (Å²) < 4.78 is 13.5. The molecule has 3 aromatic rings. The van der Waals surface area contributed by atoms with E-state index >= 15 is 0 Å². The molecule has 0 spiro atoms. The van der Waals surface area contributed by atoms with Crippen molar-refractivity contribution in [3.8, 4) is 11.6 Å². The monoisotopic (exact) mass is 374 g/mol. The van der Waals surface area contributed by atoms with Crippen LogP contribution in [0.1, 0.15) is 6.92 Å². The highest BCUT2D eigenvalue weighted by Gasteiger charge is 2.08. The van der Waals surface area contributed by atoms with Gasteiger partial charge >= 0.3 is 5.97 Å². The maximum absolute atomic E-state index is 11.6. The number of carbonyl (C=O) groups excluding carboxylic acids is 1. The lowest BCUT2D eigenvalue weighted by Gasteiger charge is -2.07. The topological polar surface area (TPSA) is 53.4 Å². The molecule has 0 aliphatic heterocycles. The van der Waals surface area contributed by atoms with E-state index in [1.54, 1.807) is 19.2 Å². The van der Waals surface area contributed by atoms with Crippen LogP contribution in [0.5, 0.6) is 11.6 Å². The molecule has 1 aromatic carbocycles. The molecule has 5 nitrogen and oxygen atoms in total. The molecule has 23 heavy (non-hydrogen) atoms. The fourth-order valence-electron chi connectivity index (χ4n) is 2.27. The molecule has 0 atom stereocenters. The quantitative estimate of drug-likeness (QED) is 0.629. The van der Waals surface area contributed by atoms with E-state index in [4.69, 9.17) is 9.47 Å². The lowest BCUT2D eigenvalue weighted by Crippen LogP contribution is -2.12. The van der Waals surface area contributed by atoms with Gasteiger partial charge in [-0.15, -0.1) is 0 Å². The maximum atomic E-state index is 11.6. The Morgan fingerprint density at radius 3 is 2.87 bits per heavy atom. The second-order valence-electron chi connectivity index (χ2n) is 4.89. The van der Waals surface area contributed by atoms with Crippen molar-refractivity contribution < 1.29 is 14.3 Å². The van der Waals surface area contributed by atoms with Crippen LogP contribution in [-0.2, 0) is 16.1 Å². The molecular formula is C17H15BrN2O3. The van der Waals surface area contributed by atoms with Gasteiger partial charge in [-0.3, -0.25) is 4.79 Å². The molecule has 0 fully saturated rings. The molecular weight excluding hydrogens is 360 g/mol. The Bertz CT molecular complexity index is 827. The summed E-state index contributed by atoms with van der Waals surface area (Å²) in [7, 11) is 0. The first-order valence-corrected chi connectivity index (χ1v) is 7.99. The van der Waals surface area contributed by atoms with Crippen molar-refractivity contribution in [3.63, 3.8) is 0 Å². The van der Waals surface area contributed by atoms with Crippen LogP contribution < -0.4 is 4.74 Å². The van der Waals surface area contributed by atoms with Gasteiger partial charge in [0, 0.05) is 33.8 Å². The molecule has 2 aromatic heterocycles. The summed E-state index contributed by atoms with van der Waals surface area (Å²) in [6, 6.07) is 11.3. The van der Waals surface area contributed by atoms with Crippen LogP contribution in [0.3, 0.4) is 0 Å². The summed E-state index contributed by atoms with van der Waals surface area (Å²) in [5.41, 5.74) is 0.953. The highest BCUT2D eigenvalue weighted by molar-refractivity contribution is 9.10. The van der Waals surface area contributed by atoms with E-state index in [9.17, 15) is 4.79 Å². The van der Waals surface area contributed by atoms with Crippen molar-refractivity contribution in [2.45, 2.75) is 13.5 Å². The standard InChI is InChI=1S/C17H15BrN2O3/c1-2-22-17(21)11-20-8-7-12-9-14(4-5-15(12)20)23-16-6-3-13(18)10-19-16/h3-10H,2,11H2,1H3. The molecule has 0 unspecified atom stereocenters. The molecule has 0 radical (unpaired) electrons. The number of ether oxygens (including phenoxy) is 2. The first-order chi connectivity index (χ1) is 11.2. The van der Waals surface area contributed by atoms with Crippen molar-refractivity contribution in [1.82, 2.24) is 9.55 Å². The summed E-state index contributed by atoms with van der Waals surface area (Å²) in [6.07, 6.45) is 3.55. The maximum Gasteiger partial charge on any atom is 0.325 e. The third-order valence-electron chi connectivity index (χ3n) is 3.27. The number of esters is 1. The molecule has 0 aliphatic carbocycles. The summed E-state index contributed by atoms with van der Waals surface area (Å²) >= 11 is 3.34. The Morgan fingerprint density at radius 1 is 1.26 bits per heavy atom. The van der Waals surface area contributed by atoms with Gasteiger partial charge in [0.15, 0.2) is 0 Å². The van der Waals surface area contributed by atoms with E-state index in [1.165, 1.54) is 0 Å². The van der Waals surface area contributed by atoms with Gasteiger partial charge in [-0.05, 0) is 53.2 Å². The van der Waals surface area contributed by atoms with Gasteiger partial charge in [0.1, 0.15) is 12.3 Å².